The Kier molecular flexibility index (Phi) is 3.49. The molecule has 2 aromatic carbocycles. The zero-order chi connectivity index (χ0) is 13.1. The van der Waals surface area contributed by atoms with E-state index in [2.05, 4.69) is 12.1 Å². The maximum atomic E-state index is 5.94. The highest BCUT2D eigenvalue weighted by Gasteiger charge is 2.28. The minimum atomic E-state index is -0.295. The van der Waals surface area contributed by atoms with Crippen LogP contribution in [0.15, 0.2) is 54.6 Å². The van der Waals surface area contributed by atoms with E-state index in [0.717, 1.165) is 16.9 Å². The van der Waals surface area contributed by atoms with E-state index in [9.17, 15) is 0 Å². The molecule has 0 aliphatic carbocycles. The normalized spacial score (nSPS) is 22.4. The summed E-state index contributed by atoms with van der Waals surface area (Å²) in [7, 11) is 1.66. The Morgan fingerprint density at radius 2 is 1.68 bits per heavy atom. The summed E-state index contributed by atoms with van der Waals surface area (Å²) in [5.41, 5.74) is 2.16. The minimum absolute atomic E-state index is 0.00769. The molecule has 2 atom stereocenters. The van der Waals surface area contributed by atoms with Gasteiger partial charge in [-0.2, -0.15) is 0 Å². The van der Waals surface area contributed by atoms with Crippen LogP contribution in [0.2, 0.25) is 0 Å². The Morgan fingerprint density at radius 3 is 2.37 bits per heavy atom. The molecule has 2 aromatic rings. The van der Waals surface area contributed by atoms with Crippen molar-refractivity contribution in [2.24, 2.45) is 0 Å². The molecule has 0 N–H and O–H groups in total. The first-order chi connectivity index (χ1) is 9.36. The predicted octanol–water partition coefficient (Wildman–Crippen LogP) is 3.48. The van der Waals surface area contributed by atoms with E-state index in [-0.39, 0.29) is 12.4 Å². The van der Waals surface area contributed by atoms with Crippen molar-refractivity contribution in [1.82, 2.24) is 0 Å². The van der Waals surface area contributed by atoms with Crippen molar-refractivity contribution in [3.63, 3.8) is 0 Å². The van der Waals surface area contributed by atoms with Crippen LogP contribution in [0.1, 0.15) is 23.5 Å². The summed E-state index contributed by atoms with van der Waals surface area (Å²) >= 11 is 0. The van der Waals surface area contributed by atoms with Gasteiger partial charge in [-0.25, -0.2) is 0 Å². The second kappa shape index (κ2) is 5.43. The average molecular weight is 256 g/mol. The van der Waals surface area contributed by atoms with Gasteiger partial charge in [-0.1, -0.05) is 42.5 Å². The third-order valence-electron chi connectivity index (χ3n) is 3.25. The van der Waals surface area contributed by atoms with Crippen molar-refractivity contribution in [3.05, 3.63) is 65.7 Å². The molecule has 0 saturated carbocycles. The number of hydrogen-bond donors (Lipinski definition) is 0. The number of benzene rings is 2. The lowest BCUT2D eigenvalue weighted by atomic mass is 10.1. The van der Waals surface area contributed by atoms with Gasteiger partial charge in [0.25, 0.3) is 0 Å². The average Bonchev–Trinajstić information content (AvgIpc) is 2.98. The molecule has 0 bridgehead atoms. The van der Waals surface area contributed by atoms with Crippen molar-refractivity contribution in [2.45, 2.75) is 12.4 Å². The van der Waals surface area contributed by atoms with Gasteiger partial charge in [-0.05, 0) is 17.7 Å². The first-order valence-corrected chi connectivity index (χ1v) is 6.33. The van der Waals surface area contributed by atoms with Crippen molar-refractivity contribution >= 4 is 0 Å². The van der Waals surface area contributed by atoms with E-state index in [0.29, 0.717) is 6.61 Å². The second-order valence-corrected chi connectivity index (χ2v) is 4.47. The van der Waals surface area contributed by atoms with Gasteiger partial charge in [0.1, 0.15) is 11.9 Å². The Morgan fingerprint density at radius 1 is 0.947 bits per heavy atom. The molecule has 1 aliphatic heterocycles. The molecule has 19 heavy (non-hydrogen) atoms. The van der Waals surface area contributed by atoms with Crippen molar-refractivity contribution in [1.29, 1.82) is 0 Å². The highest BCUT2D eigenvalue weighted by Crippen LogP contribution is 2.35. The van der Waals surface area contributed by atoms with Crippen LogP contribution in [0.5, 0.6) is 5.75 Å². The topological polar surface area (TPSA) is 27.7 Å². The standard InChI is InChI=1S/C16H16O3/c1-17-14-9-7-13(8-10-14)16-18-11-15(19-16)12-5-3-2-4-6-12/h2-10,15-16H,11H2,1H3. The van der Waals surface area contributed by atoms with Gasteiger partial charge in [0, 0.05) is 5.56 Å². The van der Waals surface area contributed by atoms with Gasteiger partial charge < -0.3 is 14.2 Å². The summed E-state index contributed by atoms with van der Waals surface area (Å²) in [6, 6.07) is 17.9. The molecule has 0 aromatic heterocycles. The molecule has 0 amide bonds. The van der Waals surface area contributed by atoms with Gasteiger partial charge >= 0.3 is 0 Å². The lowest BCUT2D eigenvalue weighted by Crippen LogP contribution is -2.00. The first kappa shape index (κ1) is 12.2. The molecule has 0 spiro atoms. The van der Waals surface area contributed by atoms with Crippen LogP contribution in [0.3, 0.4) is 0 Å². The Balaban J connectivity index is 1.71. The fourth-order valence-corrected chi connectivity index (χ4v) is 2.18. The third-order valence-corrected chi connectivity index (χ3v) is 3.25. The van der Waals surface area contributed by atoms with Crippen LogP contribution in [-0.4, -0.2) is 13.7 Å². The number of rotatable bonds is 3. The lowest BCUT2D eigenvalue weighted by molar-refractivity contribution is -0.0607. The van der Waals surface area contributed by atoms with Crippen LogP contribution >= 0.6 is 0 Å². The fraction of sp³-hybridized carbons (Fsp3) is 0.250. The highest BCUT2D eigenvalue weighted by molar-refractivity contribution is 5.28. The maximum absolute atomic E-state index is 5.94. The van der Waals surface area contributed by atoms with Gasteiger partial charge in [0.05, 0.1) is 13.7 Å². The summed E-state index contributed by atoms with van der Waals surface area (Å²) in [5, 5.41) is 0. The SMILES string of the molecule is COc1ccc(C2OCC(c3ccccc3)O2)cc1. The van der Waals surface area contributed by atoms with Gasteiger partial charge in [0.15, 0.2) is 6.29 Å². The predicted molar refractivity (Wildman–Crippen MR) is 72.0 cm³/mol. The van der Waals surface area contributed by atoms with E-state index < -0.39 is 0 Å². The molecule has 2 unspecified atom stereocenters. The second-order valence-electron chi connectivity index (χ2n) is 4.47. The van der Waals surface area contributed by atoms with Crippen LogP contribution in [0, 0.1) is 0 Å². The smallest absolute Gasteiger partial charge is 0.184 e. The molecule has 3 heteroatoms. The molecule has 3 nitrogen and oxygen atoms in total. The lowest BCUT2D eigenvalue weighted by Gasteiger charge is -2.12. The van der Waals surface area contributed by atoms with E-state index >= 15 is 0 Å². The quantitative estimate of drug-likeness (QED) is 0.841. The molecule has 1 aliphatic rings. The van der Waals surface area contributed by atoms with E-state index in [1.54, 1.807) is 7.11 Å². The minimum Gasteiger partial charge on any atom is -0.497 e. The fourth-order valence-electron chi connectivity index (χ4n) is 2.18. The van der Waals surface area contributed by atoms with E-state index in [1.807, 2.05) is 42.5 Å². The third kappa shape index (κ3) is 2.62. The van der Waals surface area contributed by atoms with Gasteiger partial charge in [-0.3, -0.25) is 0 Å². The molecule has 0 radical (unpaired) electrons. The van der Waals surface area contributed by atoms with Gasteiger partial charge in [0.2, 0.25) is 0 Å². The summed E-state index contributed by atoms with van der Waals surface area (Å²) in [5.74, 6) is 0.835. The maximum Gasteiger partial charge on any atom is 0.184 e. The summed E-state index contributed by atoms with van der Waals surface area (Å²) < 4.78 is 16.8. The molecule has 98 valence electrons. The zero-order valence-corrected chi connectivity index (χ0v) is 10.8. The summed E-state index contributed by atoms with van der Waals surface area (Å²) in [6.07, 6.45) is -0.288. The first-order valence-electron chi connectivity index (χ1n) is 6.33. The zero-order valence-electron chi connectivity index (χ0n) is 10.8. The van der Waals surface area contributed by atoms with Gasteiger partial charge in [-0.15, -0.1) is 0 Å². The Hall–Kier alpha value is -1.84. The summed E-state index contributed by atoms with van der Waals surface area (Å²) in [6.45, 7) is 0.584. The number of ether oxygens (including phenoxy) is 3. The Bertz CT molecular complexity index is 521. The van der Waals surface area contributed by atoms with E-state index in [1.165, 1.54) is 0 Å². The molecule has 1 fully saturated rings. The van der Waals surface area contributed by atoms with Crippen LogP contribution in [0.25, 0.3) is 0 Å². The van der Waals surface area contributed by atoms with Crippen molar-refractivity contribution in [2.75, 3.05) is 13.7 Å². The van der Waals surface area contributed by atoms with Crippen LogP contribution in [0.4, 0.5) is 0 Å². The molecule has 3 rings (SSSR count). The summed E-state index contributed by atoms with van der Waals surface area (Å²) in [4.78, 5) is 0. The van der Waals surface area contributed by atoms with Crippen molar-refractivity contribution < 1.29 is 14.2 Å². The van der Waals surface area contributed by atoms with E-state index in [4.69, 9.17) is 14.2 Å². The molecular formula is C16H16O3. The van der Waals surface area contributed by atoms with Crippen LogP contribution < -0.4 is 4.74 Å². The number of methoxy groups -OCH3 is 1. The molecule has 1 heterocycles. The largest absolute Gasteiger partial charge is 0.497 e. The molecular weight excluding hydrogens is 240 g/mol. The highest BCUT2D eigenvalue weighted by atomic mass is 16.7. The molecule has 1 saturated heterocycles. The monoisotopic (exact) mass is 256 g/mol. The van der Waals surface area contributed by atoms with Crippen molar-refractivity contribution in [3.8, 4) is 5.75 Å². The Labute approximate surface area is 112 Å². The van der Waals surface area contributed by atoms with Crippen LogP contribution in [-0.2, 0) is 9.47 Å². The number of hydrogen-bond acceptors (Lipinski definition) is 3.